The van der Waals surface area contributed by atoms with Crippen LogP contribution in [0.3, 0.4) is 0 Å². The van der Waals surface area contributed by atoms with Crippen LogP contribution in [0, 0.1) is 6.92 Å². The van der Waals surface area contributed by atoms with Crippen molar-refractivity contribution in [1.29, 1.82) is 0 Å². The second-order valence-electron chi connectivity index (χ2n) is 8.25. The molecule has 1 aliphatic heterocycles. The van der Waals surface area contributed by atoms with Crippen LogP contribution in [0.25, 0.3) is 10.3 Å². The highest BCUT2D eigenvalue weighted by molar-refractivity contribution is 7.21. The number of hydrogen-bond donors (Lipinski definition) is 1. The lowest BCUT2D eigenvalue weighted by molar-refractivity contribution is -0.134. The summed E-state index contributed by atoms with van der Waals surface area (Å²) in [6.07, 6.45) is 2.05. The first-order valence-corrected chi connectivity index (χ1v) is 12.0. The highest BCUT2D eigenvalue weighted by Crippen LogP contribution is 2.30. The van der Waals surface area contributed by atoms with Gasteiger partial charge in [0.05, 0.1) is 19.6 Å². The number of aryl methyl sites for hydroxylation is 1. The van der Waals surface area contributed by atoms with E-state index >= 15 is 0 Å². The molecule has 0 aliphatic carbocycles. The number of ether oxygens (including phenoxy) is 1. The largest absolute Gasteiger partial charge is 0.378 e. The van der Waals surface area contributed by atoms with Crippen LogP contribution in [0.2, 0.25) is 0 Å². The van der Waals surface area contributed by atoms with Crippen LogP contribution in [-0.2, 0) is 16.0 Å². The molecule has 1 N–H and O–H groups in total. The number of fused-ring (bicyclic) bond motifs is 1. The molecule has 1 aliphatic rings. The van der Waals surface area contributed by atoms with Gasteiger partial charge >= 0.3 is 0 Å². The average molecular weight is 475 g/mol. The van der Waals surface area contributed by atoms with Crippen molar-refractivity contribution in [2.24, 2.45) is 0 Å². The van der Waals surface area contributed by atoms with E-state index in [9.17, 15) is 4.79 Å². The molecule has 174 valence electrons. The number of carbonyl (C=O) groups is 1. The van der Waals surface area contributed by atoms with E-state index < -0.39 is 0 Å². The number of benzene rings is 1. The van der Waals surface area contributed by atoms with Gasteiger partial charge in [-0.15, -0.1) is 0 Å². The van der Waals surface area contributed by atoms with E-state index in [0.29, 0.717) is 43.7 Å². The Hall–Kier alpha value is -3.56. The van der Waals surface area contributed by atoms with Gasteiger partial charge in [-0.1, -0.05) is 29.0 Å². The van der Waals surface area contributed by atoms with E-state index in [1.54, 1.807) is 6.20 Å². The summed E-state index contributed by atoms with van der Waals surface area (Å²) in [6.45, 7) is 4.57. The number of amides is 1. The summed E-state index contributed by atoms with van der Waals surface area (Å²) in [4.78, 5) is 31.2. The van der Waals surface area contributed by atoms with E-state index in [1.807, 2.05) is 36.2 Å². The molecule has 4 heterocycles. The van der Waals surface area contributed by atoms with Crippen LogP contribution >= 0.6 is 11.3 Å². The van der Waals surface area contributed by atoms with Gasteiger partial charge in [-0.2, -0.15) is 0 Å². The van der Waals surface area contributed by atoms with E-state index in [4.69, 9.17) is 9.72 Å². The number of thiazole rings is 1. The first kappa shape index (κ1) is 22.2. The van der Waals surface area contributed by atoms with Gasteiger partial charge < -0.3 is 19.9 Å². The number of hydrogen-bond acceptors (Lipinski definition) is 8. The summed E-state index contributed by atoms with van der Waals surface area (Å²) in [7, 11) is 2.01. The molecule has 1 amide bonds. The molecule has 1 fully saturated rings. The minimum atomic E-state index is 0.106. The van der Waals surface area contributed by atoms with Crippen LogP contribution in [0.15, 0.2) is 54.7 Å². The molecule has 0 bridgehead atoms. The summed E-state index contributed by atoms with van der Waals surface area (Å²) in [5.41, 5.74) is 4.04. The van der Waals surface area contributed by atoms with Crippen molar-refractivity contribution < 1.29 is 9.53 Å². The van der Waals surface area contributed by atoms with Crippen LogP contribution in [0.4, 0.5) is 22.5 Å². The van der Waals surface area contributed by atoms with Gasteiger partial charge in [0.1, 0.15) is 22.0 Å². The molecule has 4 aromatic rings. The van der Waals surface area contributed by atoms with Crippen molar-refractivity contribution in [3.8, 4) is 0 Å². The standard InChI is InChI=1S/C25H26N6O2S/c1-17-3-5-19(6-4-17)30(2)22-8-7-20-24(29-22)34-25(27-20)28-21-15-18(9-10-26-21)16-23(32)31-11-13-33-14-12-31/h3-10,15H,11-14,16H2,1-2H3,(H,26,27,28). The fourth-order valence-electron chi connectivity index (χ4n) is 3.81. The number of morpholine rings is 1. The zero-order valence-corrected chi connectivity index (χ0v) is 20.0. The zero-order valence-electron chi connectivity index (χ0n) is 19.2. The van der Waals surface area contributed by atoms with Crippen molar-refractivity contribution in [1.82, 2.24) is 19.9 Å². The number of anilines is 4. The Morgan fingerprint density at radius 1 is 1.12 bits per heavy atom. The van der Waals surface area contributed by atoms with Crippen molar-refractivity contribution in [3.05, 3.63) is 65.9 Å². The molecule has 34 heavy (non-hydrogen) atoms. The summed E-state index contributed by atoms with van der Waals surface area (Å²) < 4.78 is 5.33. The third-order valence-electron chi connectivity index (χ3n) is 5.78. The molecule has 1 saturated heterocycles. The highest BCUT2D eigenvalue weighted by Gasteiger charge is 2.17. The number of pyridine rings is 2. The molecule has 0 saturated carbocycles. The highest BCUT2D eigenvalue weighted by atomic mass is 32.1. The van der Waals surface area contributed by atoms with Crippen LogP contribution in [-0.4, -0.2) is 59.1 Å². The summed E-state index contributed by atoms with van der Waals surface area (Å²) in [5.74, 6) is 1.62. The van der Waals surface area contributed by atoms with Crippen LogP contribution in [0.5, 0.6) is 0 Å². The third-order valence-corrected chi connectivity index (χ3v) is 6.66. The first-order valence-electron chi connectivity index (χ1n) is 11.2. The van der Waals surface area contributed by atoms with Crippen molar-refractivity contribution in [2.45, 2.75) is 13.3 Å². The maximum Gasteiger partial charge on any atom is 0.227 e. The lowest BCUT2D eigenvalue weighted by Crippen LogP contribution is -2.41. The number of carbonyl (C=O) groups excluding carboxylic acids is 1. The Labute approximate surface area is 202 Å². The van der Waals surface area contributed by atoms with E-state index in [0.717, 1.165) is 27.4 Å². The summed E-state index contributed by atoms with van der Waals surface area (Å²) in [6, 6.07) is 16.1. The second kappa shape index (κ2) is 9.74. The minimum absolute atomic E-state index is 0.106. The van der Waals surface area contributed by atoms with Crippen LogP contribution < -0.4 is 10.2 Å². The molecule has 9 heteroatoms. The lowest BCUT2D eigenvalue weighted by Gasteiger charge is -2.26. The molecule has 0 spiro atoms. The second-order valence-corrected chi connectivity index (χ2v) is 9.23. The Kier molecular flexibility index (Phi) is 6.37. The van der Waals surface area contributed by atoms with Crippen molar-refractivity contribution in [3.63, 3.8) is 0 Å². The predicted octanol–water partition coefficient (Wildman–Crippen LogP) is 4.31. The molecule has 3 aromatic heterocycles. The van der Waals surface area contributed by atoms with Crippen molar-refractivity contribution >= 4 is 50.0 Å². The monoisotopic (exact) mass is 474 g/mol. The smallest absolute Gasteiger partial charge is 0.227 e. The maximum absolute atomic E-state index is 12.6. The average Bonchev–Trinajstić information content (AvgIpc) is 3.26. The molecule has 0 atom stereocenters. The molecule has 0 radical (unpaired) electrons. The molecule has 5 rings (SSSR count). The fraction of sp³-hybridized carbons (Fsp3) is 0.280. The lowest BCUT2D eigenvalue weighted by atomic mass is 10.1. The van der Waals surface area contributed by atoms with E-state index in [1.165, 1.54) is 16.9 Å². The summed E-state index contributed by atoms with van der Waals surface area (Å²) in [5, 5.41) is 3.98. The summed E-state index contributed by atoms with van der Waals surface area (Å²) >= 11 is 1.47. The molecular formula is C25H26N6O2S. The third kappa shape index (κ3) is 5.00. The number of nitrogens with zero attached hydrogens (tertiary/aromatic N) is 5. The van der Waals surface area contributed by atoms with E-state index in [2.05, 4.69) is 51.4 Å². The van der Waals surface area contributed by atoms with Gasteiger partial charge in [-0.25, -0.2) is 15.0 Å². The first-order chi connectivity index (χ1) is 16.5. The minimum Gasteiger partial charge on any atom is -0.378 e. The number of aromatic nitrogens is 3. The molecular weight excluding hydrogens is 448 g/mol. The van der Waals surface area contributed by atoms with Gasteiger partial charge in [-0.3, -0.25) is 4.79 Å². The molecule has 1 aromatic carbocycles. The zero-order chi connectivity index (χ0) is 23.5. The molecule has 8 nitrogen and oxygen atoms in total. The Morgan fingerprint density at radius 2 is 1.91 bits per heavy atom. The van der Waals surface area contributed by atoms with Gasteiger partial charge in [0, 0.05) is 32.0 Å². The van der Waals surface area contributed by atoms with Gasteiger partial charge in [-0.05, 0) is 48.9 Å². The van der Waals surface area contributed by atoms with Crippen molar-refractivity contribution in [2.75, 3.05) is 43.6 Å². The normalized spacial score (nSPS) is 13.8. The Morgan fingerprint density at radius 3 is 2.71 bits per heavy atom. The quantitative estimate of drug-likeness (QED) is 0.446. The number of nitrogens with one attached hydrogen (secondary N) is 1. The maximum atomic E-state index is 12.6. The Bertz CT molecular complexity index is 1300. The SMILES string of the molecule is Cc1ccc(N(C)c2ccc3nc(Nc4cc(CC(=O)N5CCOCC5)ccn4)sc3n2)cc1. The topological polar surface area (TPSA) is 83.5 Å². The van der Waals surface area contributed by atoms with Gasteiger partial charge in [0.15, 0.2) is 5.13 Å². The Balaban J connectivity index is 1.30. The van der Waals surface area contributed by atoms with Gasteiger partial charge in [0.2, 0.25) is 5.91 Å². The van der Waals surface area contributed by atoms with Crippen LogP contribution in [0.1, 0.15) is 11.1 Å². The molecule has 0 unspecified atom stereocenters. The predicted molar refractivity (Wildman–Crippen MR) is 135 cm³/mol. The fourth-order valence-corrected chi connectivity index (χ4v) is 4.65. The number of rotatable bonds is 6. The van der Waals surface area contributed by atoms with E-state index in [-0.39, 0.29) is 5.91 Å². The van der Waals surface area contributed by atoms with Gasteiger partial charge in [0.25, 0.3) is 0 Å².